The molecule has 1 aliphatic heterocycles. The van der Waals surface area contributed by atoms with E-state index in [2.05, 4.69) is 34.2 Å². The van der Waals surface area contributed by atoms with Crippen molar-refractivity contribution >= 4 is 5.91 Å². The van der Waals surface area contributed by atoms with Crippen molar-refractivity contribution in [3.8, 4) is 0 Å². The number of benzene rings is 1. The number of likely N-dealkylation sites (tertiary alicyclic amines) is 1. The van der Waals surface area contributed by atoms with Crippen molar-refractivity contribution in [1.82, 2.24) is 15.1 Å². The van der Waals surface area contributed by atoms with Crippen LogP contribution in [0.15, 0.2) is 24.3 Å². The minimum Gasteiger partial charge on any atom is -0.352 e. The number of nitrogens with one attached hydrogen (secondary N) is 1. The van der Waals surface area contributed by atoms with Gasteiger partial charge in [-0.05, 0) is 70.1 Å². The Labute approximate surface area is 140 Å². The fourth-order valence-corrected chi connectivity index (χ4v) is 3.15. The summed E-state index contributed by atoms with van der Waals surface area (Å²) in [4.78, 5) is 16.7. The zero-order chi connectivity index (χ0) is 16.7. The van der Waals surface area contributed by atoms with Crippen LogP contribution in [0.5, 0.6) is 0 Å². The van der Waals surface area contributed by atoms with Crippen LogP contribution in [0.1, 0.15) is 42.1 Å². The number of piperidine rings is 1. The molecule has 0 aromatic heterocycles. The molecule has 0 spiro atoms. The van der Waals surface area contributed by atoms with Gasteiger partial charge in [-0.15, -0.1) is 0 Å². The maximum absolute atomic E-state index is 12.1. The Hall–Kier alpha value is -1.39. The summed E-state index contributed by atoms with van der Waals surface area (Å²) >= 11 is 0. The smallest absolute Gasteiger partial charge is 0.251 e. The lowest BCUT2D eigenvalue weighted by Gasteiger charge is -2.30. The molecule has 1 amide bonds. The van der Waals surface area contributed by atoms with Crippen molar-refractivity contribution in [1.29, 1.82) is 0 Å². The Morgan fingerprint density at radius 1 is 1.30 bits per heavy atom. The van der Waals surface area contributed by atoms with Crippen LogP contribution in [-0.4, -0.2) is 56.0 Å². The minimum absolute atomic E-state index is 0.0295. The molecule has 0 bridgehead atoms. The number of carbonyl (C=O) groups is 1. The first-order valence-electron chi connectivity index (χ1n) is 8.79. The second kappa shape index (κ2) is 9.04. The predicted molar refractivity (Wildman–Crippen MR) is 95.6 cm³/mol. The molecular weight excluding hydrogens is 286 g/mol. The fourth-order valence-electron chi connectivity index (χ4n) is 3.15. The molecule has 1 saturated heterocycles. The third kappa shape index (κ3) is 6.32. The van der Waals surface area contributed by atoms with Crippen LogP contribution in [0.25, 0.3) is 0 Å². The lowest BCUT2D eigenvalue weighted by atomic mass is 9.99. The van der Waals surface area contributed by atoms with E-state index in [1.54, 1.807) is 0 Å². The van der Waals surface area contributed by atoms with Crippen LogP contribution in [0.2, 0.25) is 0 Å². The first kappa shape index (κ1) is 18.0. The van der Waals surface area contributed by atoms with Gasteiger partial charge < -0.3 is 10.2 Å². The van der Waals surface area contributed by atoms with Crippen molar-refractivity contribution in [2.45, 2.75) is 32.7 Å². The highest BCUT2D eigenvalue weighted by molar-refractivity contribution is 5.94. The van der Waals surface area contributed by atoms with Gasteiger partial charge in [-0.1, -0.05) is 19.1 Å². The number of carbonyl (C=O) groups excluding carboxylic acids is 1. The summed E-state index contributed by atoms with van der Waals surface area (Å²) in [6.07, 6.45) is 3.63. The molecule has 4 heteroatoms. The number of nitrogens with zero attached hydrogens (tertiary/aromatic N) is 2. The van der Waals surface area contributed by atoms with Crippen LogP contribution < -0.4 is 5.32 Å². The molecule has 1 fully saturated rings. The van der Waals surface area contributed by atoms with E-state index < -0.39 is 0 Å². The molecule has 0 unspecified atom stereocenters. The molecule has 0 radical (unpaired) electrons. The zero-order valence-corrected chi connectivity index (χ0v) is 14.8. The Kier molecular flexibility index (Phi) is 7.06. The summed E-state index contributed by atoms with van der Waals surface area (Å²) in [5.41, 5.74) is 2.05. The summed E-state index contributed by atoms with van der Waals surface area (Å²) in [7, 11) is 4.09. The molecule has 0 aliphatic carbocycles. The molecule has 0 saturated carbocycles. The second-order valence-corrected chi connectivity index (χ2v) is 7.09. The van der Waals surface area contributed by atoms with Crippen LogP contribution >= 0.6 is 0 Å². The van der Waals surface area contributed by atoms with Crippen LogP contribution in [0.4, 0.5) is 0 Å². The van der Waals surface area contributed by atoms with E-state index in [1.165, 1.54) is 31.5 Å². The van der Waals surface area contributed by atoms with Crippen molar-refractivity contribution in [2.75, 3.05) is 40.3 Å². The molecular formula is C19H31N3O. The lowest BCUT2D eigenvalue weighted by Crippen LogP contribution is -2.33. The summed E-state index contributed by atoms with van der Waals surface area (Å²) in [6.45, 7) is 7.43. The fraction of sp³-hybridized carbons (Fsp3) is 0.632. The molecule has 4 nitrogen and oxygen atoms in total. The maximum atomic E-state index is 12.1. The predicted octanol–water partition coefficient (Wildman–Crippen LogP) is 2.60. The van der Waals surface area contributed by atoms with E-state index in [-0.39, 0.29) is 5.91 Å². The van der Waals surface area contributed by atoms with Gasteiger partial charge in [-0.2, -0.15) is 0 Å². The Bertz CT molecular complexity index is 484. The number of rotatable bonds is 7. The van der Waals surface area contributed by atoms with Crippen molar-refractivity contribution in [2.24, 2.45) is 5.92 Å². The van der Waals surface area contributed by atoms with Crippen LogP contribution in [-0.2, 0) is 6.54 Å². The van der Waals surface area contributed by atoms with E-state index in [0.29, 0.717) is 0 Å². The van der Waals surface area contributed by atoms with Gasteiger partial charge in [0, 0.05) is 25.2 Å². The van der Waals surface area contributed by atoms with E-state index in [4.69, 9.17) is 0 Å². The van der Waals surface area contributed by atoms with Crippen molar-refractivity contribution < 1.29 is 4.79 Å². The van der Waals surface area contributed by atoms with Gasteiger partial charge in [-0.3, -0.25) is 9.69 Å². The van der Waals surface area contributed by atoms with Gasteiger partial charge in [0.2, 0.25) is 0 Å². The minimum atomic E-state index is 0.0295. The monoisotopic (exact) mass is 317 g/mol. The Morgan fingerprint density at radius 3 is 2.70 bits per heavy atom. The lowest BCUT2D eigenvalue weighted by molar-refractivity contribution is 0.0952. The van der Waals surface area contributed by atoms with Gasteiger partial charge >= 0.3 is 0 Å². The standard InChI is InChI=1S/C19H31N3O/c1-16-6-4-13-22(14-16)15-17-7-9-18(10-8-17)19(23)20-11-5-12-21(2)3/h7-10,16H,4-6,11-15H2,1-3H3,(H,20,23)/t16-/m0/s1. The third-order valence-corrected chi connectivity index (χ3v) is 4.43. The highest BCUT2D eigenvalue weighted by Crippen LogP contribution is 2.18. The third-order valence-electron chi connectivity index (χ3n) is 4.43. The highest BCUT2D eigenvalue weighted by Gasteiger charge is 2.16. The summed E-state index contributed by atoms with van der Waals surface area (Å²) in [5.74, 6) is 0.831. The average molecular weight is 317 g/mol. The van der Waals surface area contributed by atoms with Gasteiger partial charge in [0.15, 0.2) is 0 Å². The second-order valence-electron chi connectivity index (χ2n) is 7.09. The van der Waals surface area contributed by atoms with Gasteiger partial charge in [0.05, 0.1) is 0 Å². The number of hydrogen-bond donors (Lipinski definition) is 1. The molecule has 1 aromatic rings. The Balaban J connectivity index is 1.78. The van der Waals surface area contributed by atoms with Gasteiger partial charge in [0.1, 0.15) is 0 Å². The molecule has 1 N–H and O–H groups in total. The molecule has 1 atom stereocenters. The molecule has 23 heavy (non-hydrogen) atoms. The normalized spacial score (nSPS) is 19.0. The van der Waals surface area contributed by atoms with Gasteiger partial charge in [-0.25, -0.2) is 0 Å². The summed E-state index contributed by atoms with van der Waals surface area (Å²) in [6, 6.07) is 8.08. The van der Waals surface area contributed by atoms with Crippen molar-refractivity contribution in [3.63, 3.8) is 0 Å². The van der Waals surface area contributed by atoms with E-state index in [0.717, 1.165) is 37.5 Å². The first-order chi connectivity index (χ1) is 11.0. The largest absolute Gasteiger partial charge is 0.352 e. The van der Waals surface area contributed by atoms with E-state index in [9.17, 15) is 4.79 Å². The Morgan fingerprint density at radius 2 is 2.04 bits per heavy atom. The molecule has 128 valence electrons. The highest BCUT2D eigenvalue weighted by atomic mass is 16.1. The van der Waals surface area contributed by atoms with Crippen LogP contribution in [0.3, 0.4) is 0 Å². The molecule has 2 rings (SSSR count). The first-order valence-corrected chi connectivity index (χ1v) is 8.79. The van der Waals surface area contributed by atoms with Crippen molar-refractivity contribution in [3.05, 3.63) is 35.4 Å². The quantitative estimate of drug-likeness (QED) is 0.785. The molecule has 1 aromatic carbocycles. The maximum Gasteiger partial charge on any atom is 0.251 e. The van der Waals surface area contributed by atoms with E-state index in [1.807, 2.05) is 26.2 Å². The van der Waals surface area contributed by atoms with E-state index >= 15 is 0 Å². The number of amides is 1. The average Bonchev–Trinajstić information content (AvgIpc) is 2.52. The topological polar surface area (TPSA) is 35.6 Å². The van der Waals surface area contributed by atoms with Crippen LogP contribution in [0, 0.1) is 5.92 Å². The summed E-state index contributed by atoms with van der Waals surface area (Å²) < 4.78 is 0. The summed E-state index contributed by atoms with van der Waals surface area (Å²) in [5, 5.41) is 2.98. The molecule has 1 aliphatic rings. The molecule has 1 heterocycles. The van der Waals surface area contributed by atoms with Gasteiger partial charge in [0.25, 0.3) is 5.91 Å². The zero-order valence-electron chi connectivity index (χ0n) is 14.8. The SMILES string of the molecule is C[C@H]1CCCN(Cc2ccc(C(=O)NCCCN(C)C)cc2)C1. The number of hydrogen-bond acceptors (Lipinski definition) is 3.